The largest absolute Gasteiger partial charge is 0.387 e. The third kappa shape index (κ3) is 2.18. The first kappa shape index (κ1) is 8.50. The molecule has 5 heteroatoms. The Bertz CT molecular complexity index is 375. The van der Waals surface area contributed by atoms with Crippen molar-refractivity contribution in [3.8, 4) is 0 Å². The average Bonchev–Trinajstić information content (AvgIpc) is 2.87. The standard InChI is InChI=1S/C8H11N3OS/c9-7(5-1-2-5)10-3-6-4-13-8(12)11-6/h4-5H,1-3H2,(H2,9,10)(H,11,12). The molecule has 3 N–H and O–H groups in total. The van der Waals surface area contributed by atoms with Crippen LogP contribution in [0.4, 0.5) is 0 Å². The Hall–Kier alpha value is -1.10. The summed E-state index contributed by atoms with van der Waals surface area (Å²) in [5, 5.41) is 1.78. The average molecular weight is 197 g/mol. The molecule has 0 radical (unpaired) electrons. The van der Waals surface area contributed by atoms with Crippen LogP contribution in [0.15, 0.2) is 15.2 Å². The van der Waals surface area contributed by atoms with E-state index in [1.807, 2.05) is 0 Å². The smallest absolute Gasteiger partial charge is 0.304 e. The Morgan fingerprint density at radius 2 is 2.54 bits per heavy atom. The van der Waals surface area contributed by atoms with Crippen molar-refractivity contribution in [2.24, 2.45) is 16.6 Å². The fraction of sp³-hybridized carbons (Fsp3) is 0.500. The van der Waals surface area contributed by atoms with Gasteiger partial charge in [0.1, 0.15) is 0 Å². The first-order valence-electron chi connectivity index (χ1n) is 4.22. The minimum atomic E-state index is -0.0322. The van der Waals surface area contributed by atoms with Crippen LogP contribution in [0.25, 0.3) is 0 Å². The van der Waals surface area contributed by atoms with Crippen molar-refractivity contribution in [1.29, 1.82) is 0 Å². The maximum Gasteiger partial charge on any atom is 0.304 e. The first-order valence-corrected chi connectivity index (χ1v) is 5.10. The molecule has 0 atom stereocenters. The molecule has 0 unspecified atom stereocenters. The monoisotopic (exact) mass is 197 g/mol. The van der Waals surface area contributed by atoms with Gasteiger partial charge in [-0.3, -0.25) is 9.79 Å². The highest BCUT2D eigenvalue weighted by Crippen LogP contribution is 2.28. The second-order valence-corrected chi connectivity index (χ2v) is 4.03. The van der Waals surface area contributed by atoms with Crippen LogP contribution in [0, 0.1) is 5.92 Å². The van der Waals surface area contributed by atoms with E-state index in [4.69, 9.17) is 5.73 Å². The number of nitrogens with one attached hydrogen (secondary N) is 1. The predicted octanol–water partition coefficient (Wildman–Crippen LogP) is 0.704. The Kier molecular flexibility index (Phi) is 2.18. The fourth-order valence-electron chi connectivity index (χ4n) is 1.08. The van der Waals surface area contributed by atoms with Gasteiger partial charge in [-0.2, -0.15) is 0 Å². The lowest BCUT2D eigenvalue weighted by atomic mass is 10.4. The van der Waals surface area contributed by atoms with Crippen molar-refractivity contribution in [3.05, 3.63) is 20.7 Å². The number of rotatable bonds is 3. The van der Waals surface area contributed by atoms with Gasteiger partial charge in [0.15, 0.2) is 0 Å². The zero-order chi connectivity index (χ0) is 9.26. The topological polar surface area (TPSA) is 71.2 Å². The first-order chi connectivity index (χ1) is 6.25. The highest BCUT2D eigenvalue weighted by atomic mass is 32.1. The van der Waals surface area contributed by atoms with Gasteiger partial charge in [-0.05, 0) is 12.8 Å². The summed E-state index contributed by atoms with van der Waals surface area (Å²) >= 11 is 1.16. The third-order valence-electron chi connectivity index (χ3n) is 2.00. The quantitative estimate of drug-likeness (QED) is 0.553. The maximum absolute atomic E-state index is 10.8. The second-order valence-electron chi connectivity index (χ2n) is 3.19. The van der Waals surface area contributed by atoms with Gasteiger partial charge in [0.05, 0.1) is 18.1 Å². The summed E-state index contributed by atoms with van der Waals surface area (Å²) in [7, 11) is 0. The SMILES string of the molecule is NC(=NCc1csc(=O)[nH]1)C1CC1. The van der Waals surface area contributed by atoms with Crippen LogP contribution in [-0.4, -0.2) is 10.8 Å². The molecular weight excluding hydrogens is 186 g/mol. The van der Waals surface area contributed by atoms with E-state index in [2.05, 4.69) is 9.98 Å². The molecule has 1 aliphatic carbocycles. The highest BCUT2D eigenvalue weighted by Gasteiger charge is 2.25. The van der Waals surface area contributed by atoms with Gasteiger partial charge in [0.2, 0.25) is 0 Å². The number of aromatic amines is 1. The maximum atomic E-state index is 10.8. The number of amidine groups is 1. The normalized spacial score (nSPS) is 17.7. The van der Waals surface area contributed by atoms with E-state index in [0.29, 0.717) is 12.5 Å². The Morgan fingerprint density at radius 3 is 3.08 bits per heavy atom. The highest BCUT2D eigenvalue weighted by molar-refractivity contribution is 7.07. The summed E-state index contributed by atoms with van der Waals surface area (Å²) in [6, 6.07) is 0. The van der Waals surface area contributed by atoms with Crippen molar-refractivity contribution in [2.45, 2.75) is 19.4 Å². The van der Waals surface area contributed by atoms with Crippen molar-refractivity contribution in [2.75, 3.05) is 0 Å². The van der Waals surface area contributed by atoms with E-state index in [0.717, 1.165) is 35.7 Å². The van der Waals surface area contributed by atoms with Crippen LogP contribution in [0.1, 0.15) is 18.5 Å². The number of aliphatic imine (C=N–C) groups is 1. The van der Waals surface area contributed by atoms with Gasteiger partial charge in [0.25, 0.3) is 0 Å². The van der Waals surface area contributed by atoms with E-state index in [1.165, 1.54) is 0 Å². The molecular formula is C8H11N3OS. The van der Waals surface area contributed by atoms with Crippen LogP contribution in [0.5, 0.6) is 0 Å². The minimum Gasteiger partial charge on any atom is -0.387 e. The van der Waals surface area contributed by atoms with E-state index in [1.54, 1.807) is 5.38 Å². The number of aromatic nitrogens is 1. The number of nitrogens with zero attached hydrogens (tertiary/aromatic N) is 1. The molecule has 0 aromatic carbocycles. The molecule has 1 heterocycles. The molecule has 1 aliphatic rings. The van der Waals surface area contributed by atoms with Crippen molar-refractivity contribution >= 4 is 17.2 Å². The fourth-order valence-corrected chi connectivity index (χ4v) is 1.65. The van der Waals surface area contributed by atoms with Crippen LogP contribution in [0.3, 0.4) is 0 Å². The molecule has 2 rings (SSSR count). The summed E-state index contributed by atoms with van der Waals surface area (Å²) in [5.74, 6) is 1.23. The lowest BCUT2D eigenvalue weighted by molar-refractivity contribution is 0.972. The van der Waals surface area contributed by atoms with Gasteiger partial charge in [-0.1, -0.05) is 11.3 Å². The molecule has 4 nitrogen and oxygen atoms in total. The summed E-state index contributed by atoms with van der Waals surface area (Å²) in [6.45, 7) is 0.501. The van der Waals surface area contributed by atoms with Crippen LogP contribution in [0.2, 0.25) is 0 Å². The zero-order valence-corrected chi connectivity index (χ0v) is 7.93. The molecule has 13 heavy (non-hydrogen) atoms. The number of thiazole rings is 1. The lowest BCUT2D eigenvalue weighted by Crippen LogP contribution is -2.14. The number of hydrogen-bond acceptors (Lipinski definition) is 3. The summed E-state index contributed by atoms with van der Waals surface area (Å²) in [4.78, 5) is 17.6. The second kappa shape index (κ2) is 3.33. The van der Waals surface area contributed by atoms with Crippen LogP contribution in [-0.2, 0) is 6.54 Å². The van der Waals surface area contributed by atoms with Crippen LogP contribution < -0.4 is 10.6 Å². The molecule has 0 saturated heterocycles. The van der Waals surface area contributed by atoms with E-state index in [-0.39, 0.29) is 4.87 Å². The van der Waals surface area contributed by atoms with Gasteiger partial charge in [-0.25, -0.2) is 0 Å². The van der Waals surface area contributed by atoms with E-state index >= 15 is 0 Å². The molecule has 0 aliphatic heterocycles. The summed E-state index contributed by atoms with van der Waals surface area (Å²) in [6.07, 6.45) is 2.32. The van der Waals surface area contributed by atoms with Crippen molar-refractivity contribution < 1.29 is 0 Å². The van der Waals surface area contributed by atoms with Gasteiger partial charge in [0, 0.05) is 11.3 Å². The molecule has 1 fully saturated rings. The van der Waals surface area contributed by atoms with E-state index < -0.39 is 0 Å². The molecule has 1 saturated carbocycles. The molecule has 0 amide bonds. The predicted molar refractivity (Wildman–Crippen MR) is 53.0 cm³/mol. The Morgan fingerprint density at radius 1 is 1.77 bits per heavy atom. The zero-order valence-electron chi connectivity index (χ0n) is 7.12. The summed E-state index contributed by atoms with van der Waals surface area (Å²) < 4.78 is 0. The Labute approximate surface area is 79.5 Å². The van der Waals surface area contributed by atoms with Gasteiger partial charge < -0.3 is 10.7 Å². The number of nitrogens with two attached hydrogens (primary N) is 1. The van der Waals surface area contributed by atoms with Crippen molar-refractivity contribution in [1.82, 2.24) is 4.98 Å². The Balaban J connectivity index is 1.98. The molecule has 1 aromatic heterocycles. The molecule has 1 aromatic rings. The molecule has 0 spiro atoms. The molecule has 70 valence electrons. The lowest BCUT2D eigenvalue weighted by Gasteiger charge is -1.95. The molecule has 0 bridgehead atoms. The van der Waals surface area contributed by atoms with Crippen molar-refractivity contribution in [3.63, 3.8) is 0 Å². The number of H-pyrrole nitrogens is 1. The van der Waals surface area contributed by atoms with Crippen LogP contribution >= 0.6 is 11.3 Å². The summed E-state index contributed by atoms with van der Waals surface area (Å²) in [5.41, 5.74) is 6.54. The number of hydrogen-bond donors (Lipinski definition) is 2. The minimum absolute atomic E-state index is 0.0322. The van der Waals surface area contributed by atoms with Gasteiger partial charge in [-0.15, -0.1) is 0 Å². The van der Waals surface area contributed by atoms with E-state index in [9.17, 15) is 4.79 Å². The third-order valence-corrected chi connectivity index (χ3v) is 2.72. The van der Waals surface area contributed by atoms with Gasteiger partial charge >= 0.3 is 4.87 Å².